The van der Waals surface area contributed by atoms with E-state index in [-0.39, 0.29) is 6.03 Å². The molecule has 2 atom stereocenters. The molecular formula is C18H25N3O. The zero-order valence-corrected chi connectivity index (χ0v) is 13.5. The number of allylic oxidation sites excluding steroid dienone is 2. The SMILES string of the molecule is CCN(C)c1cccc(NC(=O)N2CC3CC=CCC3C2)c1. The summed E-state index contributed by atoms with van der Waals surface area (Å²) in [5.74, 6) is 1.29. The Morgan fingerprint density at radius 2 is 1.95 bits per heavy atom. The first kappa shape index (κ1) is 14.9. The van der Waals surface area contributed by atoms with E-state index < -0.39 is 0 Å². The van der Waals surface area contributed by atoms with Crippen LogP contribution in [-0.2, 0) is 0 Å². The summed E-state index contributed by atoms with van der Waals surface area (Å²) in [5.41, 5.74) is 2.00. The minimum atomic E-state index is 0.0331. The maximum Gasteiger partial charge on any atom is 0.321 e. The minimum absolute atomic E-state index is 0.0331. The van der Waals surface area contributed by atoms with Crippen LogP contribution in [0.2, 0.25) is 0 Å². The topological polar surface area (TPSA) is 35.6 Å². The van der Waals surface area contributed by atoms with Gasteiger partial charge in [0.1, 0.15) is 0 Å². The second-order valence-electron chi connectivity index (χ2n) is 6.36. The molecule has 2 aliphatic rings. The Labute approximate surface area is 132 Å². The fraction of sp³-hybridized carbons (Fsp3) is 0.500. The van der Waals surface area contributed by atoms with Gasteiger partial charge in [-0.2, -0.15) is 0 Å². The Kier molecular flexibility index (Phi) is 4.36. The summed E-state index contributed by atoms with van der Waals surface area (Å²) in [5, 5.41) is 3.05. The summed E-state index contributed by atoms with van der Waals surface area (Å²) in [6, 6.07) is 8.08. The van der Waals surface area contributed by atoms with E-state index in [1.165, 1.54) is 0 Å². The van der Waals surface area contributed by atoms with E-state index in [9.17, 15) is 4.79 Å². The van der Waals surface area contributed by atoms with Crippen LogP contribution in [0.15, 0.2) is 36.4 Å². The van der Waals surface area contributed by atoms with Gasteiger partial charge < -0.3 is 15.1 Å². The van der Waals surface area contributed by atoms with Crippen molar-refractivity contribution >= 4 is 17.4 Å². The first-order chi connectivity index (χ1) is 10.7. The fourth-order valence-electron chi connectivity index (χ4n) is 3.39. The fourth-order valence-corrected chi connectivity index (χ4v) is 3.39. The second kappa shape index (κ2) is 6.42. The average molecular weight is 299 g/mol. The van der Waals surface area contributed by atoms with Gasteiger partial charge in [-0.05, 0) is 49.8 Å². The number of nitrogens with zero attached hydrogens (tertiary/aromatic N) is 2. The molecule has 22 heavy (non-hydrogen) atoms. The molecule has 4 nitrogen and oxygen atoms in total. The van der Waals surface area contributed by atoms with Crippen molar-refractivity contribution in [3.63, 3.8) is 0 Å². The van der Waals surface area contributed by atoms with Crippen LogP contribution in [0.25, 0.3) is 0 Å². The molecule has 0 spiro atoms. The molecule has 2 amide bonds. The predicted molar refractivity (Wildman–Crippen MR) is 91.3 cm³/mol. The third-order valence-electron chi connectivity index (χ3n) is 4.92. The van der Waals surface area contributed by atoms with Gasteiger partial charge in [-0.1, -0.05) is 18.2 Å². The van der Waals surface area contributed by atoms with Crippen molar-refractivity contribution in [2.45, 2.75) is 19.8 Å². The molecule has 1 fully saturated rings. The number of urea groups is 1. The van der Waals surface area contributed by atoms with Crippen molar-refractivity contribution in [2.75, 3.05) is 36.9 Å². The highest BCUT2D eigenvalue weighted by molar-refractivity contribution is 5.90. The number of carbonyl (C=O) groups excluding carboxylic acids is 1. The van der Waals surface area contributed by atoms with Gasteiger partial charge in [-0.3, -0.25) is 0 Å². The van der Waals surface area contributed by atoms with Gasteiger partial charge in [-0.15, -0.1) is 0 Å². The van der Waals surface area contributed by atoms with E-state index in [4.69, 9.17) is 0 Å². The molecule has 4 heteroatoms. The van der Waals surface area contributed by atoms with Gasteiger partial charge in [0, 0.05) is 38.1 Å². The Bertz CT molecular complexity index is 553. The van der Waals surface area contributed by atoms with Crippen molar-refractivity contribution in [2.24, 2.45) is 11.8 Å². The summed E-state index contributed by atoms with van der Waals surface area (Å²) in [6.45, 7) is 4.83. The predicted octanol–water partition coefficient (Wildman–Crippen LogP) is 3.57. The van der Waals surface area contributed by atoms with E-state index >= 15 is 0 Å². The van der Waals surface area contributed by atoms with Crippen LogP contribution in [0.5, 0.6) is 0 Å². The summed E-state index contributed by atoms with van der Waals surface area (Å²) in [4.78, 5) is 16.6. The largest absolute Gasteiger partial charge is 0.375 e. The van der Waals surface area contributed by atoms with Gasteiger partial charge in [0.25, 0.3) is 0 Å². The standard InChI is InChI=1S/C18H25N3O/c1-3-20(2)17-10-6-9-16(11-17)19-18(22)21-12-14-7-4-5-8-15(14)13-21/h4-6,9-11,14-15H,3,7-8,12-13H2,1-2H3,(H,19,22). The molecule has 0 saturated carbocycles. The number of hydrogen-bond donors (Lipinski definition) is 1. The van der Waals surface area contributed by atoms with Crippen LogP contribution in [-0.4, -0.2) is 37.6 Å². The summed E-state index contributed by atoms with van der Waals surface area (Å²) in [7, 11) is 2.05. The number of fused-ring (bicyclic) bond motifs is 1. The maximum absolute atomic E-state index is 12.5. The molecule has 1 aromatic carbocycles. The van der Waals surface area contributed by atoms with E-state index in [1.807, 2.05) is 23.1 Å². The molecule has 1 saturated heterocycles. The summed E-state index contributed by atoms with van der Waals surface area (Å²) >= 11 is 0. The van der Waals surface area contributed by atoms with Crippen LogP contribution in [0, 0.1) is 11.8 Å². The molecule has 1 aliphatic heterocycles. The number of likely N-dealkylation sites (tertiary alicyclic amines) is 1. The Morgan fingerprint density at radius 1 is 1.27 bits per heavy atom. The van der Waals surface area contributed by atoms with Crippen LogP contribution >= 0.6 is 0 Å². The number of anilines is 2. The quantitative estimate of drug-likeness (QED) is 0.866. The van der Waals surface area contributed by atoms with E-state index in [2.05, 4.69) is 42.4 Å². The number of benzene rings is 1. The third-order valence-corrected chi connectivity index (χ3v) is 4.92. The molecule has 0 radical (unpaired) electrons. The highest BCUT2D eigenvalue weighted by Crippen LogP contribution is 2.33. The Balaban J connectivity index is 1.63. The number of amides is 2. The van der Waals surface area contributed by atoms with Gasteiger partial charge in [0.05, 0.1) is 0 Å². The number of carbonyl (C=O) groups is 1. The molecule has 1 aromatic rings. The van der Waals surface area contributed by atoms with Crippen LogP contribution in [0.3, 0.4) is 0 Å². The van der Waals surface area contributed by atoms with Gasteiger partial charge >= 0.3 is 6.03 Å². The molecule has 0 bridgehead atoms. The normalized spacial score (nSPS) is 23.3. The first-order valence-electron chi connectivity index (χ1n) is 8.19. The number of nitrogens with one attached hydrogen (secondary N) is 1. The maximum atomic E-state index is 12.5. The molecule has 3 rings (SSSR count). The van der Waals surface area contributed by atoms with E-state index in [1.54, 1.807) is 0 Å². The smallest absolute Gasteiger partial charge is 0.321 e. The molecular weight excluding hydrogens is 274 g/mol. The Hall–Kier alpha value is -1.97. The van der Waals surface area contributed by atoms with Gasteiger partial charge in [-0.25, -0.2) is 4.79 Å². The summed E-state index contributed by atoms with van der Waals surface area (Å²) in [6.07, 6.45) is 6.75. The molecule has 1 heterocycles. The lowest BCUT2D eigenvalue weighted by Gasteiger charge is -2.20. The lowest BCUT2D eigenvalue weighted by molar-refractivity contribution is 0.220. The highest BCUT2D eigenvalue weighted by Gasteiger charge is 2.35. The monoisotopic (exact) mass is 299 g/mol. The lowest BCUT2D eigenvalue weighted by Crippen LogP contribution is -2.33. The minimum Gasteiger partial charge on any atom is -0.375 e. The van der Waals surface area contributed by atoms with Crippen molar-refractivity contribution in [1.82, 2.24) is 4.90 Å². The second-order valence-corrected chi connectivity index (χ2v) is 6.36. The third kappa shape index (κ3) is 3.11. The van der Waals surface area contributed by atoms with Crippen LogP contribution in [0.4, 0.5) is 16.2 Å². The lowest BCUT2D eigenvalue weighted by atomic mass is 9.86. The molecule has 1 N–H and O–H groups in total. The van der Waals surface area contributed by atoms with Crippen molar-refractivity contribution in [1.29, 1.82) is 0 Å². The Morgan fingerprint density at radius 3 is 2.59 bits per heavy atom. The molecule has 118 valence electrons. The van der Waals surface area contributed by atoms with E-state index in [0.29, 0.717) is 11.8 Å². The number of rotatable bonds is 3. The van der Waals surface area contributed by atoms with Gasteiger partial charge in [0.2, 0.25) is 0 Å². The van der Waals surface area contributed by atoms with Crippen molar-refractivity contribution in [3.8, 4) is 0 Å². The van der Waals surface area contributed by atoms with Crippen LogP contribution < -0.4 is 10.2 Å². The molecule has 2 unspecified atom stereocenters. The van der Waals surface area contributed by atoms with Crippen molar-refractivity contribution in [3.05, 3.63) is 36.4 Å². The molecule has 0 aromatic heterocycles. The highest BCUT2D eigenvalue weighted by atomic mass is 16.2. The number of hydrogen-bond acceptors (Lipinski definition) is 2. The summed E-state index contributed by atoms with van der Waals surface area (Å²) < 4.78 is 0. The first-order valence-corrected chi connectivity index (χ1v) is 8.19. The zero-order valence-electron chi connectivity index (χ0n) is 13.5. The van der Waals surface area contributed by atoms with Crippen LogP contribution in [0.1, 0.15) is 19.8 Å². The average Bonchev–Trinajstić information content (AvgIpc) is 2.98. The van der Waals surface area contributed by atoms with Gasteiger partial charge in [0.15, 0.2) is 0 Å². The zero-order chi connectivity index (χ0) is 15.5. The van der Waals surface area contributed by atoms with E-state index in [0.717, 1.165) is 43.9 Å². The van der Waals surface area contributed by atoms with Crippen molar-refractivity contribution < 1.29 is 4.79 Å². The molecule has 1 aliphatic carbocycles.